The third-order valence-corrected chi connectivity index (χ3v) is 7.87. The van der Waals surface area contributed by atoms with E-state index in [1.165, 1.54) is 16.4 Å². The molecule has 10 heteroatoms. The van der Waals surface area contributed by atoms with Gasteiger partial charge in [0.25, 0.3) is 15.9 Å². The fraction of sp³-hybridized carbons (Fsp3) is 0.381. The second kappa shape index (κ2) is 8.97. The number of anilines is 1. The minimum absolute atomic E-state index is 0.0221. The van der Waals surface area contributed by atoms with Gasteiger partial charge in [0.1, 0.15) is 0 Å². The Balaban J connectivity index is 1.79. The van der Waals surface area contributed by atoms with Crippen molar-refractivity contribution in [2.45, 2.75) is 37.6 Å². The summed E-state index contributed by atoms with van der Waals surface area (Å²) < 4.78 is 53.1. The molecule has 1 saturated heterocycles. The molecule has 1 aliphatic heterocycles. The maximum absolute atomic E-state index is 12.9. The molecule has 0 saturated carbocycles. The summed E-state index contributed by atoms with van der Waals surface area (Å²) in [4.78, 5) is 12.9. The normalized spacial score (nSPS) is 17.8. The summed E-state index contributed by atoms with van der Waals surface area (Å²) >= 11 is 0. The zero-order valence-corrected chi connectivity index (χ0v) is 19.4. The number of aryl methyl sites for hydroxylation is 2. The molecular formula is C21H27N3O5S2. The first-order valence-electron chi connectivity index (χ1n) is 9.92. The number of piperidine rings is 1. The molecule has 2 N–H and O–H groups in total. The van der Waals surface area contributed by atoms with Gasteiger partial charge in [0.15, 0.2) is 0 Å². The summed E-state index contributed by atoms with van der Waals surface area (Å²) in [7, 11) is -7.21. The third kappa shape index (κ3) is 5.84. The van der Waals surface area contributed by atoms with Crippen molar-refractivity contribution in [3.63, 3.8) is 0 Å². The Kier molecular flexibility index (Phi) is 6.73. The molecule has 2 aromatic rings. The molecule has 1 unspecified atom stereocenters. The molecule has 1 aliphatic rings. The Labute approximate surface area is 183 Å². The smallest absolute Gasteiger partial charge is 0.261 e. The first-order chi connectivity index (χ1) is 14.5. The molecule has 0 radical (unpaired) electrons. The number of nitrogens with one attached hydrogen (secondary N) is 2. The van der Waals surface area contributed by atoms with E-state index in [1.54, 1.807) is 31.2 Å². The number of nitrogens with zero attached hydrogens (tertiary/aromatic N) is 1. The highest BCUT2D eigenvalue weighted by atomic mass is 32.2. The summed E-state index contributed by atoms with van der Waals surface area (Å²) in [6.45, 7) is 4.23. The number of amides is 1. The van der Waals surface area contributed by atoms with Crippen molar-refractivity contribution in [2.24, 2.45) is 0 Å². The van der Waals surface area contributed by atoms with Crippen LogP contribution in [-0.2, 0) is 20.0 Å². The molecule has 1 amide bonds. The van der Waals surface area contributed by atoms with Crippen LogP contribution in [0.4, 0.5) is 5.69 Å². The minimum atomic E-state index is -3.88. The lowest BCUT2D eigenvalue weighted by Crippen LogP contribution is -2.49. The van der Waals surface area contributed by atoms with Crippen LogP contribution < -0.4 is 10.0 Å². The van der Waals surface area contributed by atoms with E-state index in [1.807, 2.05) is 13.0 Å². The zero-order chi connectivity index (χ0) is 22.8. The SMILES string of the molecule is Cc1cccc(NS(=O)(=O)c2ccc(C)c(C(=O)NC3CCCN(S(C)(=O)=O)C3)c2)c1. The molecule has 0 aliphatic carbocycles. The molecule has 168 valence electrons. The van der Waals surface area contributed by atoms with Crippen LogP contribution >= 0.6 is 0 Å². The number of hydrogen-bond acceptors (Lipinski definition) is 5. The van der Waals surface area contributed by atoms with Gasteiger partial charge >= 0.3 is 0 Å². The highest BCUT2D eigenvalue weighted by Gasteiger charge is 2.27. The van der Waals surface area contributed by atoms with E-state index in [2.05, 4.69) is 10.0 Å². The van der Waals surface area contributed by atoms with E-state index in [0.29, 0.717) is 30.6 Å². The number of rotatable bonds is 6. The molecule has 8 nitrogen and oxygen atoms in total. The summed E-state index contributed by atoms with van der Waals surface area (Å²) in [5, 5.41) is 2.85. The Hall–Kier alpha value is -2.43. The summed E-state index contributed by atoms with van der Waals surface area (Å²) in [5.41, 5.74) is 2.22. The third-order valence-electron chi connectivity index (χ3n) is 5.22. The van der Waals surface area contributed by atoms with E-state index in [0.717, 1.165) is 11.8 Å². The largest absolute Gasteiger partial charge is 0.348 e. The van der Waals surface area contributed by atoms with E-state index in [9.17, 15) is 21.6 Å². The summed E-state index contributed by atoms with van der Waals surface area (Å²) in [6, 6.07) is 11.0. The molecule has 0 bridgehead atoms. The van der Waals surface area contributed by atoms with Crippen LogP contribution in [0.2, 0.25) is 0 Å². The van der Waals surface area contributed by atoms with Gasteiger partial charge in [0.05, 0.1) is 11.2 Å². The molecule has 0 spiro atoms. The van der Waals surface area contributed by atoms with Gasteiger partial charge in [-0.2, -0.15) is 0 Å². The van der Waals surface area contributed by atoms with Crippen molar-refractivity contribution in [2.75, 3.05) is 24.1 Å². The van der Waals surface area contributed by atoms with Crippen molar-refractivity contribution in [1.29, 1.82) is 0 Å². The summed E-state index contributed by atoms with van der Waals surface area (Å²) in [5.74, 6) is -0.426. The number of carbonyl (C=O) groups excluding carboxylic acids is 1. The molecule has 0 aromatic heterocycles. The van der Waals surface area contributed by atoms with Gasteiger partial charge in [-0.1, -0.05) is 18.2 Å². The number of hydrogen-bond donors (Lipinski definition) is 2. The lowest BCUT2D eigenvalue weighted by Gasteiger charge is -2.31. The molecule has 1 fully saturated rings. The second-order valence-electron chi connectivity index (χ2n) is 7.89. The van der Waals surface area contributed by atoms with Gasteiger partial charge in [0.2, 0.25) is 10.0 Å². The van der Waals surface area contributed by atoms with Crippen LogP contribution in [0, 0.1) is 13.8 Å². The zero-order valence-electron chi connectivity index (χ0n) is 17.8. The molecule has 2 aromatic carbocycles. The van der Waals surface area contributed by atoms with Crippen LogP contribution in [0.15, 0.2) is 47.4 Å². The van der Waals surface area contributed by atoms with Gasteiger partial charge in [0, 0.05) is 30.4 Å². The maximum Gasteiger partial charge on any atom is 0.261 e. The van der Waals surface area contributed by atoms with Crippen LogP contribution in [0.1, 0.15) is 34.3 Å². The van der Waals surface area contributed by atoms with Crippen molar-refractivity contribution in [3.8, 4) is 0 Å². The predicted molar refractivity (Wildman–Crippen MR) is 120 cm³/mol. The number of benzene rings is 2. The van der Waals surface area contributed by atoms with Gasteiger partial charge in [-0.3, -0.25) is 9.52 Å². The average Bonchev–Trinajstić information content (AvgIpc) is 2.67. The average molecular weight is 466 g/mol. The van der Waals surface area contributed by atoms with E-state index in [-0.39, 0.29) is 23.0 Å². The molecule has 31 heavy (non-hydrogen) atoms. The monoisotopic (exact) mass is 465 g/mol. The molecule has 1 heterocycles. The van der Waals surface area contributed by atoms with Gasteiger partial charge in [-0.15, -0.1) is 0 Å². The van der Waals surface area contributed by atoms with Crippen molar-refractivity contribution < 1.29 is 21.6 Å². The first-order valence-corrected chi connectivity index (χ1v) is 13.2. The van der Waals surface area contributed by atoms with Crippen molar-refractivity contribution in [1.82, 2.24) is 9.62 Å². The van der Waals surface area contributed by atoms with Gasteiger partial charge in [-0.05, 0) is 62.1 Å². The lowest BCUT2D eigenvalue weighted by atomic mass is 10.0. The highest BCUT2D eigenvalue weighted by molar-refractivity contribution is 7.92. The van der Waals surface area contributed by atoms with Gasteiger partial charge < -0.3 is 5.32 Å². The Morgan fingerprint density at radius 1 is 1.06 bits per heavy atom. The maximum atomic E-state index is 12.9. The lowest BCUT2D eigenvalue weighted by molar-refractivity contribution is 0.0920. The predicted octanol–water partition coefficient (Wildman–Crippen LogP) is 2.26. The van der Waals surface area contributed by atoms with E-state index < -0.39 is 26.0 Å². The molecule has 3 rings (SSSR count). The number of carbonyl (C=O) groups is 1. The van der Waals surface area contributed by atoms with Crippen LogP contribution in [0.3, 0.4) is 0 Å². The standard InChI is InChI=1S/C21H27N3O5S2/c1-15-6-4-7-17(12-15)23-31(28,29)19-10-9-16(2)20(13-19)21(25)22-18-8-5-11-24(14-18)30(3,26)27/h4,6-7,9-10,12-13,18,23H,5,8,11,14H2,1-3H3,(H,22,25). The Morgan fingerprint density at radius 3 is 2.48 bits per heavy atom. The van der Waals surface area contributed by atoms with Crippen molar-refractivity contribution >= 4 is 31.6 Å². The van der Waals surface area contributed by atoms with Crippen LogP contribution in [0.25, 0.3) is 0 Å². The van der Waals surface area contributed by atoms with Crippen LogP contribution in [-0.4, -0.2) is 52.4 Å². The number of sulfonamides is 2. The fourth-order valence-corrected chi connectivity index (χ4v) is 5.55. The Bertz CT molecular complexity index is 1190. The first kappa shape index (κ1) is 23.2. The Morgan fingerprint density at radius 2 is 1.81 bits per heavy atom. The molecular weight excluding hydrogens is 438 g/mol. The summed E-state index contributed by atoms with van der Waals surface area (Å²) in [6.07, 6.45) is 2.45. The fourth-order valence-electron chi connectivity index (χ4n) is 3.56. The quantitative estimate of drug-likeness (QED) is 0.680. The van der Waals surface area contributed by atoms with Gasteiger partial charge in [-0.25, -0.2) is 21.1 Å². The van der Waals surface area contributed by atoms with E-state index >= 15 is 0 Å². The minimum Gasteiger partial charge on any atom is -0.348 e. The highest BCUT2D eigenvalue weighted by Crippen LogP contribution is 2.21. The van der Waals surface area contributed by atoms with E-state index in [4.69, 9.17) is 0 Å². The topological polar surface area (TPSA) is 113 Å². The van der Waals surface area contributed by atoms with Crippen molar-refractivity contribution in [3.05, 3.63) is 59.2 Å². The molecule has 1 atom stereocenters. The van der Waals surface area contributed by atoms with Crippen LogP contribution in [0.5, 0.6) is 0 Å². The second-order valence-corrected chi connectivity index (χ2v) is 11.6.